The second-order valence-corrected chi connectivity index (χ2v) is 5.34. The van der Waals surface area contributed by atoms with Crippen molar-refractivity contribution in [1.29, 1.82) is 0 Å². The molecular formula is C13H14N4O3S. The van der Waals surface area contributed by atoms with Gasteiger partial charge in [0.25, 0.3) is 0 Å². The maximum atomic E-state index is 11.7. The van der Waals surface area contributed by atoms with Gasteiger partial charge in [-0.2, -0.15) is 0 Å². The van der Waals surface area contributed by atoms with Crippen molar-refractivity contribution in [3.05, 3.63) is 40.1 Å². The molecule has 0 unspecified atom stereocenters. The SMILES string of the molecule is Cc1nc(CNC(=O)Nc2ccc(CC(=O)O)nc2)cs1. The van der Waals surface area contributed by atoms with Crippen LogP contribution in [0.25, 0.3) is 0 Å². The molecule has 2 aromatic rings. The minimum Gasteiger partial charge on any atom is -0.481 e. The number of thiazole rings is 1. The predicted molar refractivity (Wildman–Crippen MR) is 78.3 cm³/mol. The zero-order valence-electron chi connectivity index (χ0n) is 11.3. The number of hydrogen-bond donors (Lipinski definition) is 3. The number of urea groups is 1. The maximum absolute atomic E-state index is 11.7. The normalized spacial score (nSPS) is 10.1. The molecule has 0 saturated heterocycles. The van der Waals surface area contributed by atoms with E-state index in [2.05, 4.69) is 20.6 Å². The van der Waals surface area contributed by atoms with Crippen molar-refractivity contribution in [2.45, 2.75) is 19.9 Å². The van der Waals surface area contributed by atoms with Gasteiger partial charge in [-0.25, -0.2) is 9.78 Å². The summed E-state index contributed by atoms with van der Waals surface area (Å²) in [6.45, 7) is 2.25. The molecule has 3 N–H and O–H groups in total. The van der Waals surface area contributed by atoms with Crippen molar-refractivity contribution in [3.8, 4) is 0 Å². The van der Waals surface area contributed by atoms with Gasteiger partial charge in [0.05, 0.1) is 41.2 Å². The number of rotatable bonds is 5. The maximum Gasteiger partial charge on any atom is 0.319 e. The van der Waals surface area contributed by atoms with E-state index in [0.29, 0.717) is 17.9 Å². The number of anilines is 1. The molecule has 0 aliphatic carbocycles. The summed E-state index contributed by atoms with van der Waals surface area (Å²) in [7, 11) is 0. The van der Waals surface area contributed by atoms with Crippen molar-refractivity contribution >= 4 is 29.0 Å². The van der Waals surface area contributed by atoms with E-state index in [1.54, 1.807) is 12.1 Å². The van der Waals surface area contributed by atoms with Crippen LogP contribution in [0.5, 0.6) is 0 Å². The number of aromatic nitrogens is 2. The van der Waals surface area contributed by atoms with Gasteiger partial charge in [0.2, 0.25) is 0 Å². The van der Waals surface area contributed by atoms with Crippen LogP contribution in [-0.4, -0.2) is 27.1 Å². The lowest BCUT2D eigenvalue weighted by Crippen LogP contribution is -2.28. The molecule has 0 fully saturated rings. The van der Waals surface area contributed by atoms with Crippen LogP contribution in [0.3, 0.4) is 0 Å². The van der Waals surface area contributed by atoms with E-state index >= 15 is 0 Å². The number of carboxylic acid groups (broad SMARTS) is 1. The molecule has 7 nitrogen and oxygen atoms in total. The largest absolute Gasteiger partial charge is 0.481 e. The van der Waals surface area contributed by atoms with Crippen LogP contribution in [0.1, 0.15) is 16.4 Å². The van der Waals surface area contributed by atoms with Gasteiger partial charge in [-0.1, -0.05) is 0 Å². The van der Waals surface area contributed by atoms with Crippen LogP contribution in [0.4, 0.5) is 10.5 Å². The molecule has 0 atom stereocenters. The molecular weight excluding hydrogens is 292 g/mol. The number of carbonyl (C=O) groups is 2. The van der Waals surface area contributed by atoms with Gasteiger partial charge in [-0.3, -0.25) is 9.78 Å². The number of aliphatic carboxylic acids is 1. The van der Waals surface area contributed by atoms with Crippen molar-refractivity contribution in [2.24, 2.45) is 0 Å². The Balaban J connectivity index is 1.83. The van der Waals surface area contributed by atoms with Crippen LogP contribution in [0.2, 0.25) is 0 Å². The summed E-state index contributed by atoms with van der Waals surface area (Å²) >= 11 is 1.53. The molecule has 2 heterocycles. The summed E-state index contributed by atoms with van der Waals surface area (Å²) in [5, 5.41) is 16.8. The highest BCUT2D eigenvalue weighted by Crippen LogP contribution is 2.08. The van der Waals surface area contributed by atoms with Gasteiger partial charge in [0.15, 0.2) is 0 Å². The fourth-order valence-corrected chi connectivity index (χ4v) is 2.21. The zero-order valence-corrected chi connectivity index (χ0v) is 12.1. The third-order valence-corrected chi connectivity index (χ3v) is 3.33. The predicted octanol–water partition coefficient (Wildman–Crippen LogP) is 1.80. The first-order valence-corrected chi connectivity index (χ1v) is 7.03. The van der Waals surface area contributed by atoms with Crippen molar-refractivity contribution in [1.82, 2.24) is 15.3 Å². The van der Waals surface area contributed by atoms with Crippen molar-refractivity contribution < 1.29 is 14.7 Å². The lowest BCUT2D eigenvalue weighted by molar-refractivity contribution is -0.136. The van der Waals surface area contributed by atoms with Crippen LogP contribution in [-0.2, 0) is 17.8 Å². The summed E-state index contributed by atoms with van der Waals surface area (Å²) in [5.74, 6) is -0.945. The van der Waals surface area contributed by atoms with Gasteiger partial charge in [-0.05, 0) is 19.1 Å². The molecule has 0 saturated carbocycles. The molecule has 8 heteroatoms. The van der Waals surface area contributed by atoms with Crippen LogP contribution < -0.4 is 10.6 Å². The highest BCUT2D eigenvalue weighted by Gasteiger charge is 2.05. The topological polar surface area (TPSA) is 104 Å². The number of nitrogens with one attached hydrogen (secondary N) is 2. The average Bonchev–Trinajstić information content (AvgIpc) is 2.84. The van der Waals surface area contributed by atoms with E-state index in [1.807, 2.05) is 12.3 Å². The number of carboxylic acids is 1. The first-order valence-electron chi connectivity index (χ1n) is 6.15. The molecule has 0 aliphatic rings. The van der Waals surface area contributed by atoms with Crippen molar-refractivity contribution in [2.75, 3.05) is 5.32 Å². The Kier molecular flexibility index (Phi) is 4.83. The number of aryl methyl sites for hydroxylation is 1. The summed E-state index contributed by atoms with van der Waals surface area (Å²) in [6.07, 6.45) is 1.28. The molecule has 2 rings (SSSR count). The Morgan fingerprint density at radius 1 is 1.33 bits per heavy atom. The Hall–Kier alpha value is -2.48. The third kappa shape index (κ3) is 4.84. The summed E-state index contributed by atoms with van der Waals surface area (Å²) in [5.41, 5.74) is 1.74. The van der Waals surface area contributed by atoms with Crippen LogP contribution in [0.15, 0.2) is 23.7 Å². The monoisotopic (exact) mass is 306 g/mol. The lowest BCUT2D eigenvalue weighted by Gasteiger charge is -2.06. The summed E-state index contributed by atoms with van der Waals surface area (Å²) in [4.78, 5) is 30.4. The summed E-state index contributed by atoms with van der Waals surface area (Å²) in [6, 6.07) is 2.80. The minimum absolute atomic E-state index is 0.143. The molecule has 21 heavy (non-hydrogen) atoms. The lowest BCUT2D eigenvalue weighted by atomic mass is 10.2. The fraction of sp³-hybridized carbons (Fsp3) is 0.231. The molecule has 110 valence electrons. The minimum atomic E-state index is -0.945. The van der Waals surface area contributed by atoms with Gasteiger partial charge < -0.3 is 15.7 Å². The molecule has 0 aromatic carbocycles. The Labute approximate surface area is 125 Å². The fourth-order valence-electron chi connectivity index (χ4n) is 1.59. The Morgan fingerprint density at radius 3 is 2.71 bits per heavy atom. The second-order valence-electron chi connectivity index (χ2n) is 4.27. The highest BCUT2D eigenvalue weighted by molar-refractivity contribution is 7.09. The number of hydrogen-bond acceptors (Lipinski definition) is 5. The quantitative estimate of drug-likeness (QED) is 0.781. The Morgan fingerprint density at radius 2 is 2.14 bits per heavy atom. The van der Waals surface area contributed by atoms with E-state index in [-0.39, 0.29) is 12.5 Å². The van der Waals surface area contributed by atoms with E-state index in [9.17, 15) is 9.59 Å². The number of nitrogens with zero attached hydrogens (tertiary/aromatic N) is 2. The van der Waals surface area contributed by atoms with E-state index in [4.69, 9.17) is 5.11 Å². The molecule has 0 radical (unpaired) electrons. The molecule has 0 bridgehead atoms. The average molecular weight is 306 g/mol. The second kappa shape index (κ2) is 6.80. The van der Waals surface area contributed by atoms with E-state index in [1.165, 1.54) is 17.5 Å². The third-order valence-electron chi connectivity index (χ3n) is 2.51. The number of pyridine rings is 1. The van der Waals surface area contributed by atoms with Gasteiger partial charge >= 0.3 is 12.0 Å². The van der Waals surface area contributed by atoms with Gasteiger partial charge in [0.1, 0.15) is 0 Å². The molecule has 0 aliphatic heterocycles. The standard InChI is InChI=1S/C13H14N4O3S/c1-8-16-11(7-21-8)6-15-13(20)17-10-3-2-9(14-5-10)4-12(18)19/h2-3,5,7H,4,6H2,1H3,(H,18,19)(H2,15,17,20). The first-order chi connectivity index (χ1) is 10.0. The molecule has 2 aromatic heterocycles. The van der Waals surface area contributed by atoms with Gasteiger partial charge in [-0.15, -0.1) is 11.3 Å². The smallest absolute Gasteiger partial charge is 0.319 e. The zero-order chi connectivity index (χ0) is 15.2. The first kappa shape index (κ1) is 14.9. The van der Waals surface area contributed by atoms with E-state index in [0.717, 1.165) is 10.7 Å². The van der Waals surface area contributed by atoms with Crippen LogP contribution >= 0.6 is 11.3 Å². The number of carbonyl (C=O) groups excluding carboxylic acids is 1. The van der Waals surface area contributed by atoms with E-state index < -0.39 is 5.97 Å². The Bertz CT molecular complexity index is 639. The van der Waals surface area contributed by atoms with Crippen molar-refractivity contribution in [3.63, 3.8) is 0 Å². The number of amides is 2. The summed E-state index contributed by atoms with van der Waals surface area (Å²) < 4.78 is 0. The van der Waals surface area contributed by atoms with Gasteiger partial charge in [0, 0.05) is 5.38 Å². The van der Waals surface area contributed by atoms with Crippen LogP contribution in [0, 0.1) is 6.92 Å². The highest BCUT2D eigenvalue weighted by atomic mass is 32.1. The molecule has 0 spiro atoms. The molecule has 2 amide bonds.